The lowest BCUT2D eigenvalue weighted by atomic mass is 10.3. The van der Waals surface area contributed by atoms with E-state index in [-0.39, 0.29) is 0 Å². The van der Waals surface area contributed by atoms with Crippen molar-refractivity contribution >= 4 is 19.4 Å². The average Bonchev–Trinajstić information content (AvgIpc) is 1.94. The summed E-state index contributed by atoms with van der Waals surface area (Å²) >= 11 is 0. The summed E-state index contributed by atoms with van der Waals surface area (Å²) in [4.78, 5) is 27.1. The quantitative estimate of drug-likeness (QED) is 0.408. The lowest BCUT2D eigenvalue weighted by Gasteiger charge is -1.78. The van der Waals surface area contributed by atoms with Crippen molar-refractivity contribution in [3.63, 3.8) is 0 Å². The predicted molar refractivity (Wildman–Crippen MR) is 33.1 cm³/mol. The SMILES string of the molecule is C=O.O=CCCCC=O. The molecule has 0 atom stereocenters. The molecule has 0 unspecified atom stereocenters. The van der Waals surface area contributed by atoms with Gasteiger partial charge in [-0.15, -0.1) is 0 Å². The molecule has 0 radical (unpaired) electrons. The molecule has 0 aromatic carbocycles. The molecule has 0 rings (SSSR count). The van der Waals surface area contributed by atoms with E-state index in [4.69, 9.17) is 4.79 Å². The Bertz CT molecular complexity index is 62.7. The summed E-state index contributed by atoms with van der Waals surface area (Å²) in [5.74, 6) is 0. The molecule has 0 amide bonds. The molecule has 0 aliphatic carbocycles. The van der Waals surface area contributed by atoms with Crippen LogP contribution in [0.25, 0.3) is 0 Å². The van der Waals surface area contributed by atoms with E-state index < -0.39 is 0 Å². The van der Waals surface area contributed by atoms with E-state index in [2.05, 4.69) is 0 Å². The van der Waals surface area contributed by atoms with Crippen molar-refractivity contribution in [3.8, 4) is 0 Å². The first-order valence-corrected chi connectivity index (χ1v) is 2.58. The topological polar surface area (TPSA) is 51.2 Å². The average molecular weight is 130 g/mol. The Kier molecular flexibility index (Phi) is 19.1. The lowest BCUT2D eigenvalue weighted by Crippen LogP contribution is -1.76. The Balaban J connectivity index is 0. The molecule has 9 heavy (non-hydrogen) atoms. The van der Waals surface area contributed by atoms with Crippen LogP contribution in [0.3, 0.4) is 0 Å². The van der Waals surface area contributed by atoms with Crippen molar-refractivity contribution in [2.24, 2.45) is 0 Å². The Hall–Kier alpha value is -0.990. The van der Waals surface area contributed by atoms with Crippen LogP contribution < -0.4 is 0 Å². The van der Waals surface area contributed by atoms with Gasteiger partial charge < -0.3 is 14.4 Å². The summed E-state index contributed by atoms with van der Waals surface area (Å²) in [5.41, 5.74) is 0. The minimum Gasteiger partial charge on any atom is -0.307 e. The molecule has 0 aliphatic heterocycles. The fourth-order valence-corrected chi connectivity index (χ4v) is 0.285. The third kappa shape index (κ3) is 19.4. The summed E-state index contributed by atoms with van der Waals surface area (Å²) in [6, 6.07) is 0. The Morgan fingerprint density at radius 1 is 1.00 bits per heavy atom. The maximum absolute atomic E-state index is 9.56. The standard InChI is InChI=1S/C5H8O2.CH2O/c6-4-2-1-3-5-7;1-2/h4-5H,1-3H2;1H2. The summed E-state index contributed by atoms with van der Waals surface area (Å²) in [7, 11) is 0. The normalized spacial score (nSPS) is 6.67. The molecule has 0 N–H and O–H groups in total. The molecule has 0 bridgehead atoms. The van der Waals surface area contributed by atoms with Crippen LogP contribution in [0, 0.1) is 0 Å². The van der Waals surface area contributed by atoms with Gasteiger partial charge in [0.15, 0.2) is 0 Å². The van der Waals surface area contributed by atoms with Crippen molar-refractivity contribution in [1.82, 2.24) is 0 Å². The fraction of sp³-hybridized carbons (Fsp3) is 0.500. The highest BCUT2D eigenvalue weighted by molar-refractivity contribution is 5.52. The highest BCUT2D eigenvalue weighted by Gasteiger charge is 1.80. The maximum Gasteiger partial charge on any atom is 0.120 e. The first kappa shape index (κ1) is 10.9. The Morgan fingerprint density at radius 3 is 1.56 bits per heavy atom. The van der Waals surface area contributed by atoms with Crippen LogP contribution in [0.1, 0.15) is 19.3 Å². The molecular formula is C6H10O3. The maximum atomic E-state index is 9.56. The molecule has 0 aromatic heterocycles. The van der Waals surface area contributed by atoms with Gasteiger partial charge in [0.25, 0.3) is 0 Å². The van der Waals surface area contributed by atoms with Crippen LogP contribution in [0.4, 0.5) is 0 Å². The van der Waals surface area contributed by atoms with Gasteiger partial charge >= 0.3 is 0 Å². The van der Waals surface area contributed by atoms with Gasteiger partial charge in [0.05, 0.1) is 0 Å². The first-order valence-electron chi connectivity index (χ1n) is 2.58. The van der Waals surface area contributed by atoms with Gasteiger partial charge in [0, 0.05) is 12.8 Å². The molecule has 0 aromatic rings. The first-order chi connectivity index (χ1) is 4.41. The van der Waals surface area contributed by atoms with Crippen molar-refractivity contribution in [3.05, 3.63) is 0 Å². The van der Waals surface area contributed by atoms with Gasteiger partial charge in [-0.25, -0.2) is 0 Å². The molecule has 52 valence electrons. The molecule has 3 heteroatoms. The largest absolute Gasteiger partial charge is 0.307 e. The zero-order valence-electron chi connectivity index (χ0n) is 5.21. The smallest absolute Gasteiger partial charge is 0.120 e. The Labute approximate surface area is 54.1 Å². The van der Waals surface area contributed by atoms with E-state index in [9.17, 15) is 9.59 Å². The number of carbonyl (C=O) groups is 3. The highest BCUT2D eigenvalue weighted by Crippen LogP contribution is 1.85. The minimum absolute atomic E-state index is 0.513. The number of hydrogen-bond donors (Lipinski definition) is 0. The van der Waals surface area contributed by atoms with Gasteiger partial charge in [-0.05, 0) is 6.42 Å². The summed E-state index contributed by atoms with van der Waals surface area (Å²) in [6.07, 6.45) is 3.37. The molecule has 3 nitrogen and oxygen atoms in total. The second-order valence-corrected chi connectivity index (χ2v) is 1.26. The highest BCUT2D eigenvalue weighted by atomic mass is 16.1. The zero-order valence-corrected chi connectivity index (χ0v) is 5.21. The van der Waals surface area contributed by atoms with Crippen LogP contribution in [-0.2, 0) is 14.4 Å². The molecule has 0 saturated carbocycles. The van der Waals surface area contributed by atoms with Crippen LogP contribution >= 0.6 is 0 Å². The summed E-state index contributed by atoms with van der Waals surface area (Å²) in [5, 5.41) is 0. The van der Waals surface area contributed by atoms with E-state index in [0.717, 1.165) is 12.6 Å². The number of carbonyl (C=O) groups excluding carboxylic acids is 3. The van der Waals surface area contributed by atoms with Gasteiger partial charge in [0.1, 0.15) is 19.4 Å². The number of aldehydes is 2. The molecular weight excluding hydrogens is 120 g/mol. The van der Waals surface area contributed by atoms with Crippen LogP contribution in [0.5, 0.6) is 0 Å². The second kappa shape index (κ2) is 15.7. The van der Waals surface area contributed by atoms with Crippen molar-refractivity contribution in [2.75, 3.05) is 0 Å². The molecule has 0 fully saturated rings. The van der Waals surface area contributed by atoms with Gasteiger partial charge in [-0.3, -0.25) is 0 Å². The predicted octanol–water partition coefficient (Wildman–Crippen LogP) is 0.370. The second-order valence-electron chi connectivity index (χ2n) is 1.26. The van der Waals surface area contributed by atoms with E-state index in [1.54, 1.807) is 0 Å². The minimum atomic E-state index is 0.513. The molecule has 0 saturated heterocycles. The third-order valence-corrected chi connectivity index (χ3v) is 0.644. The van der Waals surface area contributed by atoms with Crippen LogP contribution in [0.15, 0.2) is 0 Å². The Morgan fingerprint density at radius 2 is 1.33 bits per heavy atom. The van der Waals surface area contributed by atoms with E-state index in [0.29, 0.717) is 19.3 Å². The fourth-order valence-electron chi connectivity index (χ4n) is 0.285. The molecule has 0 aliphatic rings. The number of hydrogen-bond acceptors (Lipinski definition) is 3. The van der Waals surface area contributed by atoms with E-state index in [1.165, 1.54) is 0 Å². The van der Waals surface area contributed by atoms with Gasteiger partial charge in [0.2, 0.25) is 0 Å². The summed E-state index contributed by atoms with van der Waals surface area (Å²) in [6.45, 7) is 2.00. The van der Waals surface area contributed by atoms with Crippen molar-refractivity contribution in [2.45, 2.75) is 19.3 Å². The third-order valence-electron chi connectivity index (χ3n) is 0.644. The monoisotopic (exact) mass is 130 g/mol. The van der Waals surface area contributed by atoms with Crippen LogP contribution in [0.2, 0.25) is 0 Å². The van der Waals surface area contributed by atoms with E-state index >= 15 is 0 Å². The molecule has 0 heterocycles. The number of unbranched alkanes of at least 4 members (excludes halogenated alkanes) is 2. The van der Waals surface area contributed by atoms with Crippen molar-refractivity contribution in [1.29, 1.82) is 0 Å². The van der Waals surface area contributed by atoms with Gasteiger partial charge in [-0.2, -0.15) is 0 Å². The van der Waals surface area contributed by atoms with Crippen LogP contribution in [-0.4, -0.2) is 19.4 Å². The number of rotatable bonds is 4. The zero-order chi connectivity index (χ0) is 7.54. The summed E-state index contributed by atoms with van der Waals surface area (Å²) < 4.78 is 0. The van der Waals surface area contributed by atoms with Crippen molar-refractivity contribution < 1.29 is 14.4 Å². The lowest BCUT2D eigenvalue weighted by molar-refractivity contribution is -0.109. The van der Waals surface area contributed by atoms with E-state index in [1.807, 2.05) is 6.79 Å². The molecule has 0 spiro atoms. The van der Waals surface area contributed by atoms with Gasteiger partial charge in [-0.1, -0.05) is 0 Å².